The van der Waals surface area contributed by atoms with Crippen molar-refractivity contribution in [3.8, 4) is 0 Å². The van der Waals surface area contributed by atoms with Crippen molar-refractivity contribution in [1.82, 2.24) is 5.32 Å². The number of fused-ring (bicyclic) bond motifs is 1. The zero-order valence-corrected chi connectivity index (χ0v) is 10.6. The Morgan fingerprint density at radius 1 is 1.38 bits per heavy atom. The standard InChI is InChI=1S/C11H12ClNO2S/c1-7(13-2)10-6-8-4-3-5-9(12)11(8)16(10,14)15/h3-7,13H,1-2H3. The second-order valence-electron chi connectivity index (χ2n) is 3.72. The van der Waals surface area contributed by atoms with Crippen LogP contribution in [0.25, 0.3) is 6.08 Å². The molecule has 0 fully saturated rings. The van der Waals surface area contributed by atoms with Gasteiger partial charge >= 0.3 is 0 Å². The first kappa shape index (κ1) is 11.6. The minimum Gasteiger partial charge on any atom is -0.313 e. The molecule has 1 atom stereocenters. The number of halogens is 1. The third kappa shape index (κ3) is 1.57. The van der Waals surface area contributed by atoms with Crippen LogP contribution in [-0.2, 0) is 9.84 Å². The van der Waals surface area contributed by atoms with Crippen molar-refractivity contribution in [2.24, 2.45) is 0 Å². The van der Waals surface area contributed by atoms with Crippen LogP contribution in [-0.4, -0.2) is 21.5 Å². The van der Waals surface area contributed by atoms with Crippen molar-refractivity contribution >= 4 is 27.5 Å². The lowest BCUT2D eigenvalue weighted by molar-refractivity contribution is 0.595. The van der Waals surface area contributed by atoms with Gasteiger partial charge in [0.2, 0.25) is 9.84 Å². The quantitative estimate of drug-likeness (QED) is 0.882. The van der Waals surface area contributed by atoms with Crippen LogP contribution < -0.4 is 5.32 Å². The molecule has 0 amide bonds. The van der Waals surface area contributed by atoms with E-state index in [1.54, 1.807) is 31.3 Å². The molecule has 0 radical (unpaired) electrons. The maximum Gasteiger partial charge on any atom is 0.206 e. The molecule has 1 unspecified atom stereocenters. The average Bonchev–Trinajstić information content (AvgIpc) is 2.50. The number of benzene rings is 1. The van der Waals surface area contributed by atoms with Crippen molar-refractivity contribution in [2.45, 2.75) is 17.9 Å². The Bertz CT molecular complexity index is 563. The molecule has 1 aromatic rings. The topological polar surface area (TPSA) is 46.2 Å². The molecule has 0 aromatic heterocycles. The van der Waals surface area contributed by atoms with E-state index in [1.165, 1.54) is 0 Å². The first-order valence-electron chi connectivity index (χ1n) is 4.91. The Hall–Kier alpha value is -0.840. The van der Waals surface area contributed by atoms with Gasteiger partial charge < -0.3 is 5.32 Å². The molecular weight excluding hydrogens is 246 g/mol. The molecule has 1 heterocycles. The first-order chi connectivity index (χ1) is 7.48. The smallest absolute Gasteiger partial charge is 0.206 e. The van der Waals surface area contributed by atoms with Gasteiger partial charge in [0.1, 0.15) is 0 Å². The van der Waals surface area contributed by atoms with Crippen molar-refractivity contribution in [3.63, 3.8) is 0 Å². The summed E-state index contributed by atoms with van der Waals surface area (Å²) in [5, 5.41) is 3.21. The molecular formula is C11H12ClNO2S. The number of hydrogen-bond acceptors (Lipinski definition) is 3. The van der Waals surface area contributed by atoms with E-state index in [1.807, 2.05) is 6.92 Å². The van der Waals surface area contributed by atoms with Gasteiger partial charge in [-0.3, -0.25) is 0 Å². The van der Waals surface area contributed by atoms with Crippen LogP contribution in [0.4, 0.5) is 0 Å². The fourth-order valence-corrected chi connectivity index (χ4v) is 4.12. The average molecular weight is 258 g/mol. The summed E-state index contributed by atoms with van der Waals surface area (Å²) in [6.07, 6.45) is 1.68. The Labute approximate surface area is 100 Å². The largest absolute Gasteiger partial charge is 0.313 e. The van der Waals surface area contributed by atoms with E-state index in [2.05, 4.69) is 5.32 Å². The summed E-state index contributed by atoms with van der Waals surface area (Å²) in [4.78, 5) is 0.604. The maximum atomic E-state index is 12.2. The highest BCUT2D eigenvalue weighted by Gasteiger charge is 2.34. The van der Waals surface area contributed by atoms with Gasteiger partial charge in [-0.2, -0.15) is 0 Å². The number of hydrogen-bond donors (Lipinski definition) is 1. The summed E-state index contributed by atoms with van der Waals surface area (Å²) in [5.41, 5.74) is 0.671. The van der Waals surface area contributed by atoms with E-state index in [9.17, 15) is 8.42 Å². The fraction of sp³-hybridized carbons (Fsp3) is 0.273. The molecule has 0 saturated carbocycles. The highest BCUT2D eigenvalue weighted by molar-refractivity contribution is 7.96. The molecule has 5 heteroatoms. The van der Waals surface area contributed by atoms with Crippen LogP contribution in [0.15, 0.2) is 28.0 Å². The Morgan fingerprint density at radius 2 is 2.06 bits per heavy atom. The van der Waals surface area contributed by atoms with E-state index in [-0.39, 0.29) is 16.0 Å². The molecule has 1 N–H and O–H groups in total. The lowest BCUT2D eigenvalue weighted by Gasteiger charge is -2.11. The van der Waals surface area contributed by atoms with E-state index in [0.717, 1.165) is 0 Å². The zero-order valence-electron chi connectivity index (χ0n) is 8.99. The van der Waals surface area contributed by atoms with Crippen LogP contribution >= 0.6 is 11.6 Å². The summed E-state index contributed by atoms with van der Waals surface area (Å²) in [6, 6.07) is 4.89. The Morgan fingerprint density at radius 3 is 2.62 bits per heavy atom. The van der Waals surface area contributed by atoms with Crippen molar-refractivity contribution in [1.29, 1.82) is 0 Å². The van der Waals surface area contributed by atoms with Crippen molar-refractivity contribution < 1.29 is 8.42 Å². The highest BCUT2D eigenvalue weighted by Crippen LogP contribution is 2.38. The molecule has 1 aliphatic rings. The van der Waals surface area contributed by atoms with E-state index in [4.69, 9.17) is 11.6 Å². The second-order valence-corrected chi connectivity index (χ2v) is 6.01. The highest BCUT2D eigenvalue weighted by atomic mass is 35.5. The summed E-state index contributed by atoms with van der Waals surface area (Å²) in [5.74, 6) is 0. The van der Waals surface area contributed by atoms with E-state index < -0.39 is 9.84 Å². The predicted molar refractivity (Wildman–Crippen MR) is 65.1 cm³/mol. The molecule has 16 heavy (non-hydrogen) atoms. The molecule has 1 aromatic carbocycles. The maximum absolute atomic E-state index is 12.2. The van der Waals surface area contributed by atoms with Gasteiger partial charge in [-0.1, -0.05) is 23.7 Å². The molecule has 0 bridgehead atoms. The number of rotatable bonds is 2. The van der Waals surface area contributed by atoms with Crippen LogP contribution in [0.3, 0.4) is 0 Å². The molecule has 0 spiro atoms. The van der Waals surface area contributed by atoms with Gasteiger partial charge in [0.25, 0.3) is 0 Å². The van der Waals surface area contributed by atoms with Gasteiger partial charge in [-0.25, -0.2) is 8.42 Å². The Balaban J connectivity index is 2.65. The summed E-state index contributed by atoms with van der Waals surface area (Å²) in [6.45, 7) is 1.81. The third-order valence-corrected chi connectivity index (χ3v) is 5.25. The van der Waals surface area contributed by atoms with Crippen LogP contribution in [0.1, 0.15) is 12.5 Å². The SMILES string of the molecule is CNC(C)C1=Cc2cccc(Cl)c2S1(=O)=O. The van der Waals surface area contributed by atoms with E-state index in [0.29, 0.717) is 10.5 Å². The normalized spacial score (nSPS) is 19.1. The molecule has 0 saturated heterocycles. The van der Waals surface area contributed by atoms with Crippen LogP contribution in [0.5, 0.6) is 0 Å². The predicted octanol–water partition coefficient (Wildman–Crippen LogP) is 2.08. The third-order valence-electron chi connectivity index (χ3n) is 2.73. The molecule has 0 aliphatic carbocycles. The van der Waals surface area contributed by atoms with Gasteiger partial charge in [0.05, 0.1) is 14.8 Å². The van der Waals surface area contributed by atoms with E-state index >= 15 is 0 Å². The minimum absolute atomic E-state index is 0.214. The number of nitrogens with one attached hydrogen (secondary N) is 1. The summed E-state index contributed by atoms with van der Waals surface area (Å²) >= 11 is 5.93. The van der Waals surface area contributed by atoms with Crippen molar-refractivity contribution in [2.75, 3.05) is 7.05 Å². The van der Waals surface area contributed by atoms with Crippen molar-refractivity contribution in [3.05, 3.63) is 33.7 Å². The van der Waals surface area contributed by atoms with Crippen LogP contribution in [0.2, 0.25) is 5.02 Å². The second kappa shape index (κ2) is 3.87. The van der Waals surface area contributed by atoms with Gasteiger partial charge in [-0.05, 0) is 31.7 Å². The Kier molecular flexibility index (Phi) is 2.82. The number of sulfone groups is 1. The van der Waals surface area contributed by atoms with Crippen LogP contribution in [0, 0.1) is 0 Å². The van der Waals surface area contributed by atoms with Gasteiger partial charge in [-0.15, -0.1) is 0 Å². The van der Waals surface area contributed by atoms with Gasteiger partial charge in [0.15, 0.2) is 0 Å². The summed E-state index contributed by atoms with van der Waals surface area (Å²) in [7, 11) is -1.69. The zero-order chi connectivity index (χ0) is 11.9. The molecule has 3 nitrogen and oxygen atoms in total. The molecule has 86 valence electrons. The number of likely N-dealkylation sites (N-methyl/N-ethyl adjacent to an activating group) is 1. The summed E-state index contributed by atoms with van der Waals surface area (Å²) < 4.78 is 24.4. The molecule has 2 rings (SSSR count). The lowest BCUT2D eigenvalue weighted by Crippen LogP contribution is -2.26. The molecule has 1 aliphatic heterocycles. The minimum atomic E-state index is -3.42. The first-order valence-corrected chi connectivity index (χ1v) is 6.77. The van der Waals surface area contributed by atoms with Gasteiger partial charge in [0, 0.05) is 6.04 Å². The fourth-order valence-electron chi connectivity index (χ4n) is 1.77. The lowest BCUT2D eigenvalue weighted by atomic mass is 10.2. The monoisotopic (exact) mass is 257 g/mol.